The Labute approximate surface area is 130 Å². The van der Waals surface area contributed by atoms with Crippen LogP contribution in [0.25, 0.3) is 21.6 Å². The van der Waals surface area contributed by atoms with E-state index in [1.165, 1.54) is 11.3 Å². The molecule has 0 bridgehead atoms. The van der Waals surface area contributed by atoms with Gasteiger partial charge in [0, 0.05) is 16.8 Å². The summed E-state index contributed by atoms with van der Waals surface area (Å²) in [5, 5.41) is 3.68. The zero-order valence-electron chi connectivity index (χ0n) is 10.8. The Morgan fingerprint density at radius 3 is 2.70 bits per heavy atom. The fourth-order valence-electron chi connectivity index (χ4n) is 1.97. The monoisotopic (exact) mass is 324 g/mol. The molecule has 20 heavy (non-hydrogen) atoms. The van der Waals surface area contributed by atoms with E-state index in [1.807, 2.05) is 30.5 Å². The summed E-state index contributed by atoms with van der Waals surface area (Å²) in [6.07, 6.45) is 0. The standard InChI is InChI=1S/C14H10Cl2N2OS/c1-7-3-4-9(15)12-11(7)13(16)18-14(17-12)10-5-8(19-2)6-20-10/h3-6H,1-2H3. The highest BCUT2D eigenvalue weighted by atomic mass is 35.5. The van der Waals surface area contributed by atoms with Crippen molar-refractivity contribution in [2.24, 2.45) is 0 Å². The SMILES string of the molecule is COc1csc(-c2nc(Cl)c3c(C)ccc(Cl)c3n2)c1. The molecule has 0 saturated heterocycles. The van der Waals surface area contributed by atoms with Crippen LogP contribution in [0, 0.1) is 6.92 Å². The molecule has 0 spiro atoms. The second-order valence-corrected chi connectivity index (χ2v) is 5.95. The largest absolute Gasteiger partial charge is 0.496 e. The third-order valence-electron chi connectivity index (χ3n) is 3.00. The summed E-state index contributed by atoms with van der Waals surface area (Å²) < 4.78 is 5.17. The summed E-state index contributed by atoms with van der Waals surface area (Å²) in [4.78, 5) is 9.81. The molecule has 3 nitrogen and oxygen atoms in total. The van der Waals surface area contributed by atoms with Crippen molar-refractivity contribution in [2.45, 2.75) is 6.92 Å². The number of thiophene rings is 1. The molecule has 0 amide bonds. The van der Waals surface area contributed by atoms with E-state index in [0.717, 1.165) is 21.6 Å². The zero-order chi connectivity index (χ0) is 14.3. The maximum absolute atomic E-state index is 6.29. The molecule has 6 heteroatoms. The van der Waals surface area contributed by atoms with Gasteiger partial charge in [-0.15, -0.1) is 11.3 Å². The van der Waals surface area contributed by atoms with Gasteiger partial charge in [0.2, 0.25) is 0 Å². The number of hydrogen-bond donors (Lipinski definition) is 0. The van der Waals surface area contributed by atoms with Gasteiger partial charge in [-0.25, -0.2) is 9.97 Å². The third-order valence-corrected chi connectivity index (χ3v) is 4.48. The van der Waals surface area contributed by atoms with Gasteiger partial charge in [-0.05, 0) is 18.6 Å². The van der Waals surface area contributed by atoms with Crippen LogP contribution in [0.2, 0.25) is 10.2 Å². The highest BCUT2D eigenvalue weighted by Crippen LogP contribution is 2.34. The second-order valence-electron chi connectivity index (χ2n) is 4.28. The first kappa shape index (κ1) is 13.6. The van der Waals surface area contributed by atoms with Crippen molar-refractivity contribution in [3.8, 4) is 16.5 Å². The van der Waals surface area contributed by atoms with Crippen molar-refractivity contribution < 1.29 is 4.74 Å². The van der Waals surface area contributed by atoms with Crippen LogP contribution in [0.1, 0.15) is 5.56 Å². The smallest absolute Gasteiger partial charge is 0.171 e. The van der Waals surface area contributed by atoms with Crippen molar-refractivity contribution in [1.29, 1.82) is 0 Å². The van der Waals surface area contributed by atoms with Gasteiger partial charge >= 0.3 is 0 Å². The number of methoxy groups -OCH3 is 1. The summed E-state index contributed by atoms with van der Waals surface area (Å²) in [7, 11) is 1.63. The minimum atomic E-state index is 0.414. The van der Waals surface area contributed by atoms with E-state index in [2.05, 4.69) is 9.97 Å². The zero-order valence-corrected chi connectivity index (χ0v) is 13.1. The Morgan fingerprint density at radius 1 is 1.20 bits per heavy atom. The molecule has 0 aliphatic heterocycles. The van der Waals surface area contributed by atoms with Gasteiger partial charge in [-0.3, -0.25) is 0 Å². The molecule has 1 aromatic carbocycles. The second kappa shape index (κ2) is 5.20. The first-order valence-corrected chi connectivity index (χ1v) is 7.49. The quantitative estimate of drug-likeness (QED) is 0.623. The van der Waals surface area contributed by atoms with E-state index in [4.69, 9.17) is 27.9 Å². The van der Waals surface area contributed by atoms with E-state index in [9.17, 15) is 0 Å². The van der Waals surface area contributed by atoms with Gasteiger partial charge in [0.1, 0.15) is 10.9 Å². The number of aromatic nitrogens is 2. The number of benzene rings is 1. The van der Waals surface area contributed by atoms with Gasteiger partial charge in [0.05, 0.1) is 22.5 Å². The van der Waals surface area contributed by atoms with Crippen molar-refractivity contribution in [3.63, 3.8) is 0 Å². The van der Waals surface area contributed by atoms with Crippen molar-refractivity contribution in [2.75, 3.05) is 7.11 Å². The molecule has 3 aromatic rings. The number of ether oxygens (including phenoxy) is 1. The fraction of sp³-hybridized carbons (Fsp3) is 0.143. The van der Waals surface area contributed by atoms with E-state index < -0.39 is 0 Å². The lowest BCUT2D eigenvalue weighted by Gasteiger charge is -2.07. The third kappa shape index (κ3) is 2.24. The Kier molecular flexibility index (Phi) is 3.54. The minimum absolute atomic E-state index is 0.414. The van der Waals surface area contributed by atoms with Crippen LogP contribution in [0.5, 0.6) is 5.75 Å². The normalized spacial score (nSPS) is 11.0. The summed E-state index contributed by atoms with van der Waals surface area (Å²) in [6.45, 7) is 1.96. The molecule has 3 rings (SSSR count). The molecule has 0 aliphatic carbocycles. The number of rotatable bonds is 2. The molecule has 0 unspecified atom stereocenters. The van der Waals surface area contributed by atoms with E-state index in [-0.39, 0.29) is 0 Å². The van der Waals surface area contributed by atoms with Crippen LogP contribution in [0.4, 0.5) is 0 Å². The lowest BCUT2D eigenvalue weighted by Crippen LogP contribution is -1.93. The van der Waals surface area contributed by atoms with Crippen LogP contribution < -0.4 is 4.74 Å². The fourth-order valence-corrected chi connectivity index (χ4v) is 3.28. The van der Waals surface area contributed by atoms with Crippen LogP contribution in [0.15, 0.2) is 23.6 Å². The van der Waals surface area contributed by atoms with Crippen molar-refractivity contribution >= 4 is 45.4 Å². The average Bonchev–Trinajstić information content (AvgIpc) is 2.91. The Bertz CT molecular complexity index is 801. The first-order chi connectivity index (χ1) is 9.60. The lowest BCUT2D eigenvalue weighted by atomic mass is 10.1. The van der Waals surface area contributed by atoms with E-state index >= 15 is 0 Å². The van der Waals surface area contributed by atoms with Gasteiger partial charge in [-0.1, -0.05) is 29.3 Å². The predicted octanol–water partition coefficient (Wildman–Crippen LogP) is 4.98. The average molecular weight is 325 g/mol. The number of hydrogen-bond acceptors (Lipinski definition) is 4. The molecule has 2 heterocycles. The van der Waals surface area contributed by atoms with Gasteiger partial charge in [0.25, 0.3) is 0 Å². The molecular weight excluding hydrogens is 315 g/mol. The molecule has 0 N–H and O–H groups in total. The van der Waals surface area contributed by atoms with Crippen molar-refractivity contribution in [3.05, 3.63) is 39.3 Å². The molecule has 0 saturated carbocycles. The molecular formula is C14H10Cl2N2OS. The van der Waals surface area contributed by atoms with Crippen LogP contribution in [-0.2, 0) is 0 Å². The van der Waals surface area contributed by atoms with Crippen LogP contribution >= 0.6 is 34.5 Å². The van der Waals surface area contributed by atoms with Gasteiger partial charge < -0.3 is 4.74 Å². The number of halogens is 2. The number of aryl methyl sites for hydroxylation is 1. The summed E-state index contributed by atoms with van der Waals surface area (Å²) in [5.41, 5.74) is 1.68. The maximum Gasteiger partial charge on any atom is 0.171 e. The Hall–Kier alpha value is -1.36. The Morgan fingerprint density at radius 2 is 2.00 bits per heavy atom. The van der Waals surface area contributed by atoms with Crippen LogP contribution in [-0.4, -0.2) is 17.1 Å². The molecule has 0 radical (unpaired) electrons. The summed E-state index contributed by atoms with van der Waals surface area (Å²) >= 11 is 14.0. The van der Waals surface area contributed by atoms with Crippen molar-refractivity contribution in [1.82, 2.24) is 9.97 Å². The number of nitrogens with zero attached hydrogens (tertiary/aromatic N) is 2. The highest BCUT2D eigenvalue weighted by Gasteiger charge is 2.14. The predicted molar refractivity (Wildman–Crippen MR) is 84.2 cm³/mol. The summed E-state index contributed by atoms with van der Waals surface area (Å²) in [5.74, 6) is 1.34. The van der Waals surface area contributed by atoms with E-state index in [1.54, 1.807) is 7.11 Å². The van der Waals surface area contributed by atoms with Gasteiger partial charge in [-0.2, -0.15) is 0 Å². The highest BCUT2D eigenvalue weighted by molar-refractivity contribution is 7.13. The maximum atomic E-state index is 6.29. The molecule has 0 fully saturated rings. The molecule has 0 atom stereocenters. The first-order valence-electron chi connectivity index (χ1n) is 5.85. The van der Waals surface area contributed by atoms with Gasteiger partial charge in [0.15, 0.2) is 5.82 Å². The molecule has 0 aliphatic rings. The van der Waals surface area contributed by atoms with Crippen LogP contribution in [0.3, 0.4) is 0 Å². The Balaban J connectivity index is 2.26. The minimum Gasteiger partial charge on any atom is -0.496 e. The topological polar surface area (TPSA) is 35.0 Å². The molecule has 102 valence electrons. The molecule has 2 aromatic heterocycles. The number of fused-ring (bicyclic) bond motifs is 1. The lowest BCUT2D eigenvalue weighted by molar-refractivity contribution is 0.417. The van der Waals surface area contributed by atoms with E-state index in [0.29, 0.717) is 21.5 Å². The summed E-state index contributed by atoms with van der Waals surface area (Å²) in [6, 6.07) is 5.61.